The van der Waals surface area contributed by atoms with Crippen molar-refractivity contribution in [2.24, 2.45) is 7.05 Å². The van der Waals surface area contributed by atoms with Gasteiger partial charge in [-0.25, -0.2) is 8.42 Å². The Morgan fingerprint density at radius 3 is 2.82 bits per heavy atom. The van der Waals surface area contributed by atoms with E-state index in [1.165, 1.54) is 15.2 Å². The second-order valence-electron chi connectivity index (χ2n) is 4.09. The van der Waals surface area contributed by atoms with Gasteiger partial charge in [-0.1, -0.05) is 11.6 Å². The number of hydrogen-bond donors (Lipinski definition) is 1. The molecule has 1 aromatic rings. The highest BCUT2D eigenvalue weighted by Crippen LogP contribution is 2.25. The largest absolute Gasteiger partial charge is 0.314 e. The third kappa shape index (κ3) is 2.20. The fraction of sp³-hybridized carbons (Fsp3) is 0.667. The van der Waals surface area contributed by atoms with Crippen molar-refractivity contribution in [2.45, 2.75) is 18.0 Å². The highest BCUT2D eigenvalue weighted by molar-refractivity contribution is 7.89. The number of sulfonamides is 1. The summed E-state index contributed by atoms with van der Waals surface area (Å²) in [5.74, 6) is 0. The van der Waals surface area contributed by atoms with Crippen molar-refractivity contribution in [1.29, 1.82) is 0 Å². The fourth-order valence-electron chi connectivity index (χ4n) is 1.98. The average molecular weight is 279 g/mol. The molecular weight excluding hydrogens is 264 g/mol. The third-order valence-corrected chi connectivity index (χ3v) is 5.36. The highest BCUT2D eigenvalue weighted by Gasteiger charge is 2.34. The summed E-state index contributed by atoms with van der Waals surface area (Å²) in [6.45, 7) is 3.62. The lowest BCUT2D eigenvalue weighted by Crippen LogP contribution is -2.52. The van der Waals surface area contributed by atoms with Crippen LogP contribution in [0.5, 0.6) is 0 Å². The Labute approximate surface area is 106 Å². The van der Waals surface area contributed by atoms with Crippen LogP contribution in [-0.4, -0.2) is 48.2 Å². The maximum absolute atomic E-state index is 12.5. The molecule has 2 rings (SSSR count). The SMILES string of the molecule is C[C@@H]1CNCCN1S(=O)(=O)c1c(Cl)cnn1C. The van der Waals surface area contributed by atoms with E-state index in [0.717, 1.165) is 0 Å². The van der Waals surface area contributed by atoms with Crippen LogP contribution >= 0.6 is 11.6 Å². The average Bonchev–Trinajstić information content (AvgIpc) is 2.59. The van der Waals surface area contributed by atoms with Crippen molar-refractivity contribution in [2.75, 3.05) is 19.6 Å². The summed E-state index contributed by atoms with van der Waals surface area (Å²) in [7, 11) is -1.99. The smallest absolute Gasteiger partial charge is 0.262 e. The van der Waals surface area contributed by atoms with E-state index in [9.17, 15) is 8.42 Å². The number of aryl methyl sites for hydroxylation is 1. The summed E-state index contributed by atoms with van der Waals surface area (Å²) in [6.07, 6.45) is 1.35. The molecule has 0 bridgehead atoms. The summed E-state index contributed by atoms with van der Waals surface area (Å²) < 4.78 is 27.7. The summed E-state index contributed by atoms with van der Waals surface area (Å²) in [6, 6.07) is -0.0836. The topological polar surface area (TPSA) is 67.2 Å². The maximum Gasteiger partial charge on any atom is 0.262 e. The van der Waals surface area contributed by atoms with Gasteiger partial charge in [0, 0.05) is 32.7 Å². The first-order chi connectivity index (χ1) is 7.94. The molecule has 0 amide bonds. The van der Waals surface area contributed by atoms with E-state index in [1.54, 1.807) is 7.05 Å². The lowest BCUT2D eigenvalue weighted by molar-refractivity contribution is 0.282. The summed E-state index contributed by atoms with van der Waals surface area (Å²) >= 11 is 5.89. The van der Waals surface area contributed by atoms with Crippen molar-refractivity contribution in [3.63, 3.8) is 0 Å². The summed E-state index contributed by atoms with van der Waals surface area (Å²) in [5, 5.41) is 7.24. The lowest BCUT2D eigenvalue weighted by atomic mass is 10.3. The van der Waals surface area contributed by atoms with E-state index in [2.05, 4.69) is 10.4 Å². The van der Waals surface area contributed by atoms with Crippen molar-refractivity contribution < 1.29 is 8.42 Å². The minimum absolute atomic E-state index is 0.0629. The van der Waals surface area contributed by atoms with Gasteiger partial charge in [0.1, 0.15) is 0 Å². The Kier molecular flexibility index (Phi) is 3.44. The molecule has 0 radical (unpaired) electrons. The van der Waals surface area contributed by atoms with Crippen LogP contribution in [0.1, 0.15) is 6.92 Å². The molecule has 0 saturated carbocycles. The Hall–Kier alpha value is -0.630. The number of rotatable bonds is 2. The molecule has 17 heavy (non-hydrogen) atoms. The first-order valence-electron chi connectivity index (χ1n) is 5.34. The van der Waals surface area contributed by atoms with Crippen LogP contribution in [0.2, 0.25) is 5.02 Å². The van der Waals surface area contributed by atoms with Gasteiger partial charge >= 0.3 is 0 Å². The predicted molar refractivity (Wildman–Crippen MR) is 64.4 cm³/mol. The van der Waals surface area contributed by atoms with Crippen LogP contribution in [0.15, 0.2) is 11.2 Å². The number of nitrogens with one attached hydrogen (secondary N) is 1. The Morgan fingerprint density at radius 1 is 1.59 bits per heavy atom. The summed E-state index contributed by atoms with van der Waals surface area (Å²) in [4.78, 5) is 0. The lowest BCUT2D eigenvalue weighted by Gasteiger charge is -2.32. The van der Waals surface area contributed by atoms with Crippen molar-refractivity contribution in [3.8, 4) is 0 Å². The molecule has 0 aliphatic carbocycles. The Balaban J connectivity index is 2.42. The normalized spacial score (nSPS) is 22.9. The van der Waals surface area contributed by atoms with Crippen molar-refractivity contribution >= 4 is 21.6 Å². The number of nitrogens with zero attached hydrogens (tertiary/aromatic N) is 3. The minimum atomic E-state index is -3.57. The molecule has 1 atom stereocenters. The molecule has 0 aromatic carbocycles. The molecule has 1 aliphatic rings. The maximum atomic E-state index is 12.5. The zero-order chi connectivity index (χ0) is 12.6. The zero-order valence-corrected chi connectivity index (χ0v) is 11.3. The molecular formula is C9H15ClN4O2S. The van der Waals surface area contributed by atoms with E-state index >= 15 is 0 Å². The van der Waals surface area contributed by atoms with Gasteiger partial charge in [0.25, 0.3) is 10.0 Å². The fourth-order valence-corrected chi connectivity index (χ4v) is 4.22. The highest BCUT2D eigenvalue weighted by atomic mass is 35.5. The molecule has 1 fully saturated rings. The number of hydrogen-bond acceptors (Lipinski definition) is 4. The van der Waals surface area contributed by atoms with Crippen LogP contribution in [-0.2, 0) is 17.1 Å². The zero-order valence-electron chi connectivity index (χ0n) is 9.72. The van der Waals surface area contributed by atoms with E-state index in [0.29, 0.717) is 19.6 Å². The second-order valence-corrected chi connectivity index (χ2v) is 6.30. The number of piperazine rings is 1. The van der Waals surface area contributed by atoms with Gasteiger partial charge in [-0.05, 0) is 6.92 Å². The van der Waals surface area contributed by atoms with Gasteiger partial charge < -0.3 is 5.32 Å². The predicted octanol–water partition coefficient (Wildman–Crippen LogP) is 0.0559. The third-order valence-electron chi connectivity index (χ3n) is 2.84. The molecule has 1 aliphatic heterocycles. The van der Waals surface area contributed by atoms with Crippen LogP contribution in [0.3, 0.4) is 0 Å². The molecule has 96 valence electrons. The molecule has 0 spiro atoms. The first kappa shape index (κ1) is 12.8. The van der Waals surface area contributed by atoms with Crippen molar-refractivity contribution in [1.82, 2.24) is 19.4 Å². The standard InChI is InChI=1S/C9H15ClN4O2S/c1-7-5-11-3-4-14(7)17(15,16)9-8(10)6-12-13(9)2/h6-7,11H,3-5H2,1-2H3/t7-/m1/s1. The number of aromatic nitrogens is 2. The Morgan fingerprint density at radius 2 is 2.29 bits per heavy atom. The van der Waals surface area contributed by atoms with Gasteiger partial charge in [0.05, 0.1) is 11.2 Å². The van der Waals surface area contributed by atoms with Crippen molar-refractivity contribution in [3.05, 3.63) is 11.2 Å². The van der Waals surface area contributed by atoms with Crippen LogP contribution < -0.4 is 5.32 Å². The monoisotopic (exact) mass is 278 g/mol. The van der Waals surface area contributed by atoms with Gasteiger partial charge in [0.15, 0.2) is 5.03 Å². The second kappa shape index (κ2) is 4.56. The molecule has 1 N–H and O–H groups in total. The first-order valence-corrected chi connectivity index (χ1v) is 7.16. The van der Waals surface area contributed by atoms with Gasteiger partial charge in [-0.2, -0.15) is 9.40 Å². The van der Waals surface area contributed by atoms with E-state index < -0.39 is 10.0 Å². The van der Waals surface area contributed by atoms with E-state index in [-0.39, 0.29) is 16.1 Å². The van der Waals surface area contributed by atoms with Crippen LogP contribution in [0, 0.1) is 0 Å². The van der Waals surface area contributed by atoms with Gasteiger partial charge in [0.2, 0.25) is 0 Å². The number of halogens is 1. The molecule has 1 aromatic heterocycles. The summed E-state index contributed by atoms with van der Waals surface area (Å²) in [5.41, 5.74) is 0. The quantitative estimate of drug-likeness (QED) is 0.830. The van der Waals surface area contributed by atoms with E-state index in [4.69, 9.17) is 11.6 Å². The van der Waals surface area contributed by atoms with Gasteiger partial charge in [-0.15, -0.1) is 0 Å². The molecule has 6 nitrogen and oxygen atoms in total. The molecule has 2 heterocycles. The minimum Gasteiger partial charge on any atom is -0.314 e. The van der Waals surface area contributed by atoms with Crippen LogP contribution in [0.4, 0.5) is 0 Å². The van der Waals surface area contributed by atoms with E-state index in [1.807, 2.05) is 6.92 Å². The molecule has 1 saturated heterocycles. The Bertz CT molecular complexity index is 494. The van der Waals surface area contributed by atoms with Crippen LogP contribution in [0.25, 0.3) is 0 Å². The molecule has 0 unspecified atom stereocenters. The molecule has 8 heteroatoms. The van der Waals surface area contributed by atoms with Gasteiger partial charge in [-0.3, -0.25) is 4.68 Å².